The Morgan fingerprint density at radius 2 is 1.08 bits per heavy atom. The molecule has 75 heavy (non-hydrogen) atoms. The maximum atomic E-state index is 12.8. The van der Waals surface area contributed by atoms with Crippen molar-refractivity contribution in [2.45, 2.75) is 248 Å². The minimum absolute atomic E-state index is 0.0508. The van der Waals surface area contributed by atoms with Crippen LogP contribution < -0.4 is 0 Å². The second-order valence-electron chi connectivity index (χ2n) is 25.3. The molecule has 0 aromatic carbocycles. The first kappa shape index (κ1) is 60.0. The van der Waals surface area contributed by atoms with Gasteiger partial charge in [0.2, 0.25) is 0 Å². The molecule has 4 aliphatic heterocycles. The molecule has 0 radical (unpaired) electrons. The molecule has 14 N–H and O–H groups in total. The molecule has 8 aliphatic rings. The number of rotatable bonds is 16. The molecule has 0 aromatic rings. The fourth-order valence-corrected chi connectivity index (χ4v) is 16.1. The van der Waals surface area contributed by atoms with Crippen LogP contribution in [-0.2, 0) is 37.9 Å². The Hall–Kier alpha value is -1.14. The van der Waals surface area contributed by atoms with Gasteiger partial charge in [0.15, 0.2) is 25.2 Å². The molecule has 3 unspecified atom stereocenters. The first-order valence-corrected chi connectivity index (χ1v) is 27.3. The molecule has 29 atom stereocenters. The second-order valence-corrected chi connectivity index (χ2v) is 25.3. The van der Waals surface area contributed by atoms with Crippen LogP contribution in [0.25, 0.3) is 0 Å². The van der Waals surface area contributed by atoms with Crippen molar-refractivity contribution in [3.05, 3.63) is 11.6 Å². The highest BCUT2D eigenvalue weighted by atomic mass is 16.8. The van der Waals surface area contributed by atoms with Gasteiger partial charge in [-0.2, -0.15) is 0 Å². The Morgan fingerprint density at radius 1 is 0.560 bits per heavy atom. The highest BCUT2D eigenvalue weighted by molar-refractivity contribution is 5.20. The Labute approximate surface area is 439 Å². The lowest BCUT2D eigenvalue weighted by Gasteiger charge is -2.71. The molecule has 4 aliphatic carbocycles. The van der Waals surface area contributed by atoms with Crippen LogP contribution in [0, 0.1) is 45.3 Å². The van der Waals surface area contributed by atoms with E-state index in [1.165, 1.54) is 0 Å². The van der Waals surface area contributed by atoms with Gasteiger partial charge >= 0.3 is 0 Å². The number of allylic oxidation sites excluding steroid dienone is 2. The molecule has 22 heteroatoms. The standard InChI is InChI=1S/C53H90O22/c1-23(2)10-9-14-53(8,75-47-43(67)39(63)37(61)29(72-47)22-68-45-41(65)36(60)28(21-56)69-45)24-11-16-52(7)33(24)25(57)18-31-50(5)15-13-32(49(3,4)30(50)12-17-51(31,52)6)73-48-44(40(64)35(59)27(20-55)71-48)74-46-42(66)38(62)34(58)26(19-54)70-46/h10,24-48,54-67H,9,11-22H2,1-8H3/t24-,25+,26+,27+,28-,29+,30?,31?,32-,33?,34+,35+,36-,37+,38-,39-,40-,41+,42+,43+,44+,45+,46-,47-,48-,50-,51+,52+,53-/m1/s1. The molecular weight excluding hydrogens is 989 g/mol. The Kier molecular flexibility index (Phi) is 18.1. The van der Waals surface area contributed by atoms with Crippen LogP contribution >= 0.6 is 0 Å². The highest BCUT2D eigenvalue weighted by Gasteiger charge is 2.72. The van der Waals surface area contributed by atoms with E-state index in [1.807, 2.05) is 20.8 Å². The topological polar surface area (TPSA) is 357 Å². The molecule has 0 bridgehead atoms. The fourth-order valence-electron chi connectivity index (χ4n) is 16.1. The van der Waals surface area contributed by atoms with Crippen molar-refractivity contribution in [1.29, 1.82) is 0 Å². The molecule has 0 amide bonds. The number of fused-ring (bicyclic) bond motifs is 5. The van der Waals surface area contributed by atoms with Gasteiger partial charge in [-0.25, -0.2) is 0 Å². The van der Waals surface area contributed by atoms with Gasteiger partial charge in [0.1, 0.15) is 91.6 Å². The summed E-state index contributed by atoms with van der Waals surface area (Å²) >= 11 is 0. The smallest absolute Gasteiger partial charge is 0.187 e. The number of ether oxygens (including phenoxy) is 8. The van der Waals surface area contributed by atoms with Crippen LogP contribution in [0.1, 0.15) is 113 Å². The van der Waals surface area contributed by atoms with Gasteiger partial charge in [-0.3, -0.25) is 0 Å². The van der Waals surface area contributed by atoms with Crippen molar-refractivity contribution in [2.24, 2.45) is 45.3 Å². The molecule has 8 fully saturated rings. The van der Waals surface area contributed by atoms with Crippen LogP contribution in [0.5, 0.6) is 0 Å². The van der Waals surface area contributed by atoms with E-state index in [0.29, 0.717) is 38.5 Å². The summed E-state index contributed by atoms with van der Waals surface area (Å²) in [5.74, 6) is -0.394. The first-order valence-electron chi connectivity index (χ1n) is 27.3. The van der Waals surface area contributed by atoms with Crippen molar-refractivity contribution >= 4 is 0 Å². The van der Waals surface area contributed by atoms with Gasteiger partial charge in [0.05, 0.1) is 44.2 Å². The van der Waals surface area contributed by atoms with Crippen LogP contribution in [0.15, 0.2) is 11.6 Å². The molecule has 434 valence electrons. The lowest BCUT2D eigenvalue weighted by molar-refractivity contribution is -0.378. The summed E-state index contributed by atoms with van der Waals surface area (Å²) in [6.07, 6.45) is -22.1. The van der Waals surface area contributed by atoms with Crippen molar-refractivity contribution < 1.29 is 109 Å². The minimum Gasteiger partial charge on any atom is -0.394 e. The predicted octanol–water partition coefficient (Wildman–Crippen LogP) is -1.56. The Bertz CT molecular complexity index is 1940. The summed E-state index contributed by atoms with van der Waals surface area (Å²) in [5.41, 5.74) is -1.47. The van der Waals surface area contributed by atoms with Crippen LogP contribution in [0.2, 0.25) is 0 Å². The lowest BCUT2D eigenvalue weighted by Crippen LogP contribution is -2.68. The lowest BCUT2D eigenvalue weighted by atomic mass is 9.35. The number of aliphatic hydroxyl groups is 14. The summed E-state index contributed by atoms with van der Waals surface area (Å²) in [7, 11) is 0. The average Bonchev–Trinajstić information content (AvgIpc) is 3.89. The van der Waals surface area contributed by atoms with Gasteiger partial charge in [0, 0.05) is 0 Å². The van der Waals surface area contributed by atoms with E-state index in [1.54, 1.807) is 0 Å². The molecular formula is C53H90O22. The SMILES string of the molecule is CC(C)=CCC[C@@](C)(O[C@H]1O[C@@H](CO[C@H]2O[C@H](CO)[C@@H](O)[C@@H]2O)[C@H](O)[C@@H](O)[C@@H]1O)[C@@H]1CC[C@@]2(C)C1[C@@H](O)CC1[C@]3(C)CC[C@@H](O[C@H]4O[C@@H](CO)[C@H](O)[C@@H](O)[C@@H]4O[C@H]4O[C@@H](CO)[C@H](O)[C@@H](O)[C@@H]4O)C(C)(C)C3CC[C@@]12C. The zero-order valence-electron chi connectivity index (χ0n) is 44.7. The third-order valence-corrected chi connectivity index (χ3v) is 20.5. The molecule has 0 spiro atoms. The van der Waals surface area contributed by atoms with Crippen LogP contribution in [0.3, 0.4) is 0 Å². The van der Waals surface area contributed by atoms with E-state index in [9.17, 15) is 71.5 Å². The van der Waals surface area contributed by atoms with E-state index in [4.69, 9.17) is 37.9 Å². The van der Waals surface area contributed by atoms with Crippen molar-refractivity contribution in [3.8, 4) is 0 Å². The summed E-state index contributed by atoms with van der Waals surface area (Å²) in [4.78, 5) is 0. The van der Waals surface area contributed by atoms with Crippen molar-refractivity contribution in [3.63, 3.8) is 0 Å². The highest BCUT2D eigenvalue weighted by Crippen LogP contribution is 2.76. The van der Waals surface area contributed by atoms with Crippen LogP contribution in [-0.4, -0.2) is 232 Å². The van der Waals surface area contributed by atoms with Gasteiger partial charge in [0.25, 0.3) is 0 Å². The van der Waals surface area contributed by atoms with E-state index in [2.05, 4.69) is 40.7 Å². The maximum Gasteiger partial charge on any atom is 0.187 e. The number of aliphatic hydroxyl groups excluding tert-OH is 14. The van der Waals surface area contributed by atoms with Gasteiger partial charge in [-0.05, 0) is 124 Å². The van der Waals surface area contributed by atoms with Crippen molar-refractivity contribution in [2.75, 3.05) is 26.4 Å². The zero-order valence-corrected chi connectivity index (χ0v) is 44.7. The predicted molar refractivity (Wildman–Crippen MR) is 260 cm³/mol. The summed E-state index contributed by atoms with van der Waals surface area (Å²) < 4.78 is 48.9. The molecule has 8 rings (SSSR count). The third kappa shape index (κ3) is 10.5. The van der Waals surface area contributed by atoms with Gasteiger partial charge in [-0.15, -0.1) is 0 Å². The minimum atomic E-state index is -1.81. The summed E-state index contributed by atoms with van der Waals surface area (Å²) in [6.45, 7) is 14.9. The third-order valence-electron chi connectivity index (χ3n) is 20.5. The first-order chi connectivity index (χ1) is 35.1. The van der Waals surface area contributed by atoms with Crippen LogP contribution in [0.4, 0.5) is 0 Å². The molecule has 4 heterocycles. The normalized spacial score (nSPS) is 52.6. The summed E-state index contributed by atoms with van der Waals surface area (Å²) in [6, 6.07) is 0. The van der Waals surface area contributed by atoms with E-state index >= 15 is 0 Å². The summed E-state index contributed by atoms with van der Waals surface area (Å²) in [5, 5.41) is 151. The quantitative estimate of drug-likeness (QED) is 0.0614. The maximum absolute atomic E-state index is 12.8. The average molecular weight is 1080 g/mol. The Balaban J connectivity index is 1.01. The van der Waals surface area contributed by atoms with E-state index in [-0.39, 0.29) is 34.5 Å². The molecule has 4 saturated carbocycles. The Morgan fingerprint density at radius 3 is 1.69 bits per heavy atom. The molecule has 22 nitrogen and oxygen atoms in total. The van der Waals surface area contributed by atoms with E-state index in [0.717, 1.165) is 24.8 Å². The monoisotopic (exact) mass is 1080 g/mol. The number of hydrogen-bond donors (Lipinski definition) is 14. The zero-order chi connectivity index (χ0) is 55.1. The largest absolute Gasteiger partial charge is 0.394 e. The fraction of sp³-hybridized carbons (Fsp3) is 0.962. The van der Waals surface area contributed by atoms with Crippen molar-refractivity contribution in [1.82, 2.24) is 0 Å². The second kappa shape index (κ2) is 22.7. The van der Waals surface area contributed by atoms with E-state index < -0.39 is 172 Å². The number of hydrogen-bond acceptors (Lipinski definition) is 22. The molecule has 4 saturated heterocycles. The van der Waals surface area contributed by atoms with Gasteiger partial charge < -0.3 is 109 Å². The van der Waals surface area contributed by atoms with Gasteiger partial charge in [-0.1, -0.05) is 46.3 Å². The molecule has 0 aromatic heterocycles.